The minimum Gasteiger partial charge on any atom is -0.493 e. The van der Waals surface area contributed by atoms with Crippen molar-refractivity contribution in [1.29, 1.82) is 0 Å². The molecule has 0 N–H and O–H groups in total. The van der Waals surface area contributed by atoms with Crippen molar-refractivity contribution in [3.8, 4) is 22.8 Å². The molecule has 1 unspecified atom stereocenters. The monoisotopic (exact) mass is 373 g/mol. The molecule has 7 heteroatoms. The van der Waals surface area contributed by atoms with Gasteiger partial charge in [0, 0.05) is 31.3 Å². The first kappa shape index (κ1) is 19.2. The Balaban J connectivity index is 1.84. The predicted octanol–water partition coefficient (Wildman–Crippen LogP) is 2.94. The number of amides is 1. The maximum atomic E-state index is 12.5. The zero-order valence-electron chi connectivity index (χ0n) is 16.2. The van der Waals surface area contributed by atoms with E-state index in [0.29, 0.717) is 31.2 Å². The number of carbonyl (C=O) groups is 1. The van der Waals surface area contributed by atoms with Crippen LogP contribution in [-0.2, 0) is 16.1 Å². The molecule has 1 amide bonds. The first-order chi connectivity index (χ1) is 13.2. The summed E-state index contributed by atoms with van der Waals surface area (Å²) in [6.45, 7) is 6.25. The van der Waals surface area contributed by atoms with Crippen molar-refractivity contribution in [2.24, 2.45) is 0 Å². The molecule has 0 radical (unpaired) electrons. The number of methoxy groups -OCH3 is 1. The van der Waals surface area contributed by atoms with E-state index in [-0.39, 0.29) is 18.7 Å². The Hall–Kier alpha value is -2.54. The highest BCUT2D eigenvalue weighted by Gasteiger charge is 2.20. The van der Waals surface area contributed by atoms with Crippen molar-refractivity contribution in [3.05, 3.63) is 30.5 Å². The lowest BCUT2D eigenvalue weighted by molar-refractivity contribution is -0.131. The van der Waals surface area contributed by atoms with Crippen LogP contribution in [0.1, 0.15) is 26.7 Å². The summed E-state index contributed by atoms with van der Waals surface area (Å²) < 4.78 is 18.7. The summed E-state index contributed by atoms with van der Waals surface area (Å²) in [5.74, 6) is 1.33. The molecule has 1 saturated heterocycles. The highest BCUT2D eigenvalue weighted by atomic mass is 16.7. The molecule has 0 aliphatic carbocycles. The number of hydrogen-bond donors (Lipinski definition) is 0. The maximum Gasteiger partial charge on any atom is 0.244 e. The van der Waals surface area contributed by atoms with Gasteiger partial charge in [0.25, 0.3) is 0 Å². The van der Waals surface area contributed by atoms with Gasteiger partial charge < -0.3 is 19.1 Å². The fourth-order valence-corrected chi connectivity index (χ4v) is 3.22. The molecule has 27 heavy (non-hydrogen) atoms. The molecule has 1 aromatic carbocycles. The van der Waals surface area contributed by atoms with Crippen LogP contribution in [0.2, 0.25) is 0 Å². The van der Waals surface area contributed by atoms with Crippen molar-refractivity contribution < 1.29 is 19.0 Å². The molecule has 2 aromatic rings. The molecule has 0 saturated carbocycles. The Morgan fingerprint density at radius 3 is 2.78 bits per heavy atom. The molecule has 1 aromatic heterocycles. The van der Waals surface area contributed by atoms with E-state index in [1.54, 1.807) is 22.9 Å². The second-order valence-corrected chi connectivity index (χ2v) is 6.37. The summed E-state index contributed by atoms with van der Waals surface area (Å²) in [6.07, 6.45) is 3.31. The molecule has 7 nitrogen and oxygen atoms in total. The maximum absolute atomic E-state index is 12.5. The van der Waals surface area contributed by atoms with Crippen molar-refractivity contribution in [2.75, 3.05) is 26.8 Å². The van der Waals surface area contributed by atoms with E-state index in [1.807, 2.05) is 38.1 Å². The van der Waals surface area contributed by atoms with Crippen LogP contribution < -0.4 is 9.47 Å². The number of hydrogen-bond acceptors (Lipinski definition) is 5. The molecule has 2 heterocycles. The van der Waals surface area contributed by atoms with E-state index in [2.05, 4.69) is 5.10 Å². The van der Waals surface area contributed by atoms with Gasteiger partial charge in [-0.05, 0) is 44.5 Å². The number of nitrogens with zero attached hydrogens (tertiary/aromatic N) is 3. The van der Waals surface area contributed by atoms with Gasteiger partial charge >= 0.3 is 0 Å². The summed E-state index contributed by atoms with van der Waals surface area (Å²) >= 11 is 0. The quantitative estimate of drug-likeness (QED) is 0.712. The summed E-state index contributed by atoms with van der Waals surface area (Å²) in [6, 6.07) is 7.61. The summed E-state index contributed by atoms with van der Waals surface area (Å²) in [5.41, 5.74) is 1.77. The van der Waals surface area contributed by atoms with Crippen LogP contribution in [0.15, 0.2) is 30.5 Å². The van der Waals surface area contributed by atoms with E-state index < -0.39 is 0 Å². The number of carbonyl (C=O) groups excluding carboxylic acids is 1. The van der Waals surface area contributed by atoms with Crippen LogP contribution in [0.5, 0.6) is 11.5 Å². The first-order valence-electron chi connectivity index (χ1n) is 9.42. The molecular formula is C20H27N3O4. The van der Waals surface area contributed by atoms with Gasteiger partial charge in [0.05, 0.1) is 19.4 Å². The molecular weight excluding hydrogens is 346 g/mol. The number of likely N-dealkylation sites (N-methyl/N-ethyl adjacent to an activating group) is 1. The largest absolute Gasteiger partial charge is 0.493 e. The first-order valence-corrected chi connectivity index (χ1v) is 9.42. The minimum absolute atomic E-state index is 0.0503. The number of rotatable bonds is 8. The Bertz CT molecular complexity index is 764. The molecule has 3 rings (SSSR count). The average molecular weight is 373 g/mol. The summed E-state index contributed by atoms with van der Waals surface area (Å²) in [4.78, 5) is 14.3. The normalized spacial score (nSPS) is 16.3. The standard InChI is InChI=1S/C20H27N3O4/c1-4-22(5-2)19(24)14-23-16(10-11-21-23)15-8-9-17(25-3)18(13-15)27-20-7-6-12-26-20/h8-11,13,20H,4-7,12,14H2,1-3H3. The third-order valence-electron chi connectivity index (χ3n) is 4.72. The summed E-state index contributed by atoms with van der Waals surface area (Å²) in [5, 5.41) is 4.33. The lowest BCUT2D eigenvalue weighted by atomic mass is 10.1. The molecule has 1 aliphatic heterocycles. The van der Waals surface area contributed by atoms with Crippen molar-refractivity contribution in [3.63, 3.8) is 0 Å². The molecule has 0 bridgehead atoms. The molecule has 1 atom stereocenters. The van der Waals surface area contributed by atoms with E-state index in [4.69, 9.17) is 14.2 Å². The van der Waals surface area contributed by atoms with Crippen molar-refractivity contribution >= 4 is 5.91 Å². The van der Waals surface area contributed by atoms with E-state index >= 15 is 0 Å². The third kappa shape index (κ3) is 4.42. The molecule has 1 fully saturated rings. The zero-order valence-corrected chi connectivity index (χ0v) is 16.2. The second-order valence-electron chi connectivity index (χ2n) is 6.37. The Morgan fingerprint density at radius 1 is 1.30 bits per heavy atom. The van der Waals surface area contributed by atoms with Crippen molar-refractivity contribution in [2.45, 2.75) is 39.5 Å². The van der Waals surface area contributed by atoms with Gasteiger partial charge in [-0.25, -0.2) is 0 Å². The van der Waals surface area contributed by atoms with Crippen molar-refractivity contribution in [1.82, 2.24) is 14.7 Å². The molecule has 146 valence electrons. The van der Waals surface area contributed by atoms with E-state index in [9.17, 15) is 4.79 Å². The SMILES string of the molecule is CCN(CC)C(=O)Cn1nccc1-c1ccc(OC)c(OC2CCCO2)c1. The Labute approximate surface area is 159 Å². The summed E-state index contributed by atoms with van der Waals surface area (Å²) in [7, 11) is 1.62. The number of ether oxygens (including phenoxy) is 3. The van der Waals surface area contributed by atoms with Crippen LogP contribution in [0.3, 0.4) is 0 Å². The van der Waals surface area contributed by atoms with Gasteiger partial charge in [-0.3, -0.25) is 9.48 Å². The third-order valence-corrected chi connectivity index (χ3v) is 4.72. The fraction of sp³-hybridized carbons (Fsp3) is 0.500. The molecule has 0 spiro atoms. The number of benzene rings is 1. The minimum atomic E-state index is -0.247. The smallest absolute Gasteiger partial charge is 0.244 e. The lowest BCUT2D eigenvalue weighted by Crippen LogP contribution is -2.33. The van der Waals surface area contributed by atoms with Crippen LogP contribution >= 0.6 is 0 Å². The number of aromatic nitrogens is 2. The second kappa shape index (κ2) is 8.90. The van der Waals surface area contributed by atoms with Gasteiger partial charge in [-0.2, -0.15) is 5.10 Å². The highest BCUT2D eigenvalue weighted by Crippen LogP contribution is 2.34. The van der Waals surface area contributed by atoms with Crippen LogP contribution in [0.25, 0.3) is 11.3 Å². The average Bonchev–Trinajstić information content (AvgIpc) is 3.35. The van der Waals surface area contributed by atoms with Crippen LogP contribution in [-0.4, -0.2) is 53.7 Å². The molecule has 1 aliphatic rings. The fourth-order valence-electron chi connectivity index (χ4n) is 3.22. The van der Waals surface area contributed by atoms with Gasteiger partial charge in [0.1, 0.15) is 6.54 Å². The Morgan fingerprint density at radius 2 is 2.11 bits per heavy atom. The van der Waals surface area contributed by atoms with E-state index in [0.717, 1.165) is 24.1 Å². The highest BCUT2D eigenvalue weighted by molar-refractivity contribution is 5.77. The van der Waals surface area contributed by atoms with Gasteiger partial charge in [-0.15, -0.1) is 0 Å². The van der Waals surface area contributed by atoms with Crippen LogP contribution in [0.4, 0.5) is 0 Å². The predicted molar refractivity (Wildman–Crippen MR) is 102 cm³/mol. The van der Waals surface area contributed by atoms with E-state index in [1.165, 1.54) is 0 Å². The lowest BCUT2D eigenvalue weighted by Gasteiger charge is -2.19. The van der Waals surface area contributed by atoms with Gasteiger partial charge in [0.2, 0.25) is 5.91 Å². The topological polar surface area (TPSA) is 65.8 Å². The zero-order chi connectivity index (χ0) is 19.2. The Kier molecular flexibility index (Phi) is 6.34. The van der Waals surface area contributed by atoms with Crippen LogP contribution in [0, 0.1) is 0 Å². The van der Waals surface area contributed by atoms with Gasteiger partial charge in [-0.1, -0.05) is 0 Å². The van der Waals surface area contributed by atoms with Gasteiger partial charge in [0.15, 0.2) is 17.8 Å².